The lowest BCUT2D eigenvalue weighted by atomic mass is 9.92. The summed E-state index contributed by atoms with van der Waals surface area (Å²) in [4.78, 5) is 26.3. The number of hydrogen-bond acceptors (Lipinski definition) is 6. The molecule has 1 unspecified atom stereocenters. The fourth-order valence-corrected chi connectivity index (χ4v) is 3.59. The van der Waals surface area contributed by atoms with Crippen LogP contribution in [0.15, 0.2) is 23.3 Å². The second-order valence-electron chi connectivity index (χ2n) is 7.36. The van der Waals surface area contributed by atoms with Gasteiger partial charge in [0.25, 0.3) is 0 Å². The quantitative estimate of drug-likeness (QED) is 0.794. The second-order valence-corrected chi connectivity index (χ2v) is 7.36. The molecular formula is C21H30FN5O3. The molecule has 0 spiro atoms. The first-order chi connectivity index (χ1) is 14.5. The highest BCUT2D eigenvalue weighted by Crippen LogP contribution is 2.30. The smallest absolute Gasteiger partial charge is 0.414 e. The number of ether oxygens (including phenoxy) is 1. The number of hydrazone groups is 1. The van der Waals surface area contributed by atoms with Crippen molar-refractivity contribution in [2.45, 2.75) is 52.2 Å². The lowest BCUT2D eigenvalue weighted by molar-refractivity contribution is -0.119. The Bertz CT molecular complexity index is 799. The molecule has 4 rings (SSSR count). The first kappa shape index (κ1) is 21.9. The largest absolute Gasteiger partial charge is 0.442 e. The minimum Gasteiger partial charge on any atom is -0.442 e. The van der Waals surface area contributed by atoms with Gasteiger partial charge in [-0.15, -0.1) is 0 Å². The van der Waals surface area contributed by atoms with Gasteiger partial charge in [-0.2, -0.15) is 5.10 Å². The number of rotatable bonds is 5. The molecule has 1 aromatic rings. The van der Waals surface area contributed by atoms with E-state index in [0.29, 0.717) is 24.0 Å². The zero-order valence-corrected chi connectivity index (χ0v) is 17.8. The monoisotopic (exact) mass is 419 g/mol. The Hall–Kier alpha value is -2.84. The van der Waals surface area contributed by atoms with E-state index in [1.54, 1.807) is 23.4 Å². The van der Waals surface area contributed by atoms with Crippen LogP contribution in [0, 0.1) is 5.82 Å². The van der Waals surface area contributed by atoms with Crippen LogP contribution in [0.2, 0.25) is 0 Å². The van der Waals surface area contributed by atoms with Gasteiger partial charge in [-0.3, -0.25) is 14.7 Å². The highest BCUT2D eigenvalue weighted by Gasteiger charge is 2.33. The van der Waals surface area contributed by atoms with Gasteiger partial charge in [0, 0.05) is 19.5 Å². The van der Waals surface area contributed by atoms with Gasteiger partial charge in [0.15, 0.2) is 0 Å². The fourth-order valence-electron chi connectivity index (χ4n) is 3.59. The van der Waals surface area contributed by atoms with E-state index in [9.17, 15) is 14.0 Å². The SMILES string of the molecule is CC.CC(=O)NCC1CN(c2ccc(N3C=NN(C4CCC4)CC3)c(F)c2)C(=O)O1. The summed E-state index contributed by atoms with van der Waals surface area (Å²) in [5.41, 5.74) is 0.865. The van der Waals surface area contributed by atoms with Gasteiger partial charge in [0.1, 0.15) is 18.3 Å². The number of hydrogen-bond donors (Lipinski definition) is 1. The third kappa shape index (κ3) is 4.83. The van der Waals surface area contributed by atoms with E-state index in [1.165, 1.54) is 37.2 Å². The number of carbonyl (C=O) groups excluding carboxylic acids is 2. The summed E-state index contributed by atoms with van der Waals surface area (Å²) in [6.45, 7) is 7.34. The van der Waals surface area contributed by atoms with E-state index in [-0.39, 0.29) is 19.0 Å². The van der Waals surface area contributed by atoms with Gasteiger partial charge in [-0.25, -0.2) is 9.18 Å². The zero-order chi connectivity index (χ0) is 21.7. The van der Waals surface area contributed by atoms with E-state index in [0.717, 1.165) is 6.54 Å². The van der Waals surface area contributed by atoms with Crippen LogP contribution < -0.4 is 15.1 Å². The topological polar surface area (TPSA) is 77.5 Å². The van der Waals surface area contributed by atoms with Crippen molar-refractivity contribution >= 4 is 29.7 Å². The van der Waals surface area contributed by atoms with Crippen molar-refractivity contribution in [1.29, 1.82) is 0 Å². The minimum atomic E-state index is -0.543. The Morgan fingerprint density at radius 1 is 1.30 bits per heavy atom. The number of nitrogens with one attached hydrogen (secondary N) is 1. The molecule has 30 heavy (non-hydrogen) atoms. The fraction of sp³-hybridized carbons (Fsp3) is 0.571. The van der Waals surface area contributed by atoms with Gasteiger partial charge in [0.2, 0.25) is 5.91 Å². The molecule has 1 atom stereocenters. The van der Waals surface area contributed by atoms with Gasteiger partial charge in [-0.05, 0) is 37.5 Å². The lowest BCUT2D eigenvalue weighted by Crippen LogP contribution is -2.45. The summed E-state index contributed by atoms with van der Waals surface area (Å²) < 4.78 is 20.0. The third-order valence-electron chi connectivity index (χ3n) is 5.41. The van der Waals surface area contributed by atoms with Crippen molar-refractivity contribution in [1.82, 2.24) is 10.3 Å². The molecule has 3 aliphatic rings. The molecule has 0 aromatic heterocycles. The Balaban J connectivity index is 0.00000124. The number of carbonyl (C=O) groups is 2. The van der Waals surface area contributed by atoms with Crippen LogP contribution in [0.1, 0.15) is 40.0 Å². The van der Waals surface area contributed by atoms with Crippen molar-refractivity contribution in [2.75, 3.05) is 36.0 Å². The predicted octanol–water partition coefficient (Wildman–Crippen LogP) is 2.93. The van der Waals surface area contributed by atoms with Crippen LogP contribution in [0.3, 0.4) is 0 Å². The Morgan fingerprint density at radius 2 is 2.07 bits per heavy atom. The van der Waals surface area contributed by atoms with Crippen LogP contribution in [0.4, 0.5) is 20.6 Å². The summed E-state index contributed by atoms with van der Waals surface area (Å²) in [6, 6.07) is 5.22. The Kier molecular flexibility index (Phi) is 7.12. The zero-order valence-electron chi connectivity index (χ0n) is 17.8. The maximum atomic E-state index is 14.7. The van der Waals surface area contributed by atoms with Crippen molar-refractivity contribution in [3.63, 3.8) is 0 Å². The van der Waals surface area contributed by atoms with Crippen LogP contribution >= 0.6 is 0 Å². The summed E-state index contributed by atoms with van der Waals surface area (Å²) in [5, 5.41) is 9.16. The molecule has 1 saturated carbocycles. The van der Waals surface area contributed by atoms with Crippen molar-refractivity contribution in [2.24, 2.45) is 5.10 Å². The standard InChI is InChI=1S/C19H24FN5O3.C2H6/c1-13(26)21-10-16-11-24(19(27)28-16)15-5-6-18(17(20)9-15)23-7-8-25(22-12-23)14-3-2-4-14;1-2/h5-6,9,12,14,16H,2-4,7-8,10-11H2,1H3,(H,21,26);1-2H3. The first-order valence-corrected chi connectivity index (χ1v) is 10.6. The lowest BCUT2D eigenvalue weighted by Gasteiger charge is -2.39. The average Bonchev–Trinajstić information content (AvgIpc) is 3.08. The summed E-state index contributed by atoms with van der Waals surface area (Å²) in [6.07, 6.45) is 4.28. The number of halogens is 1. The first-order valence-electron chi connectivity index (χ1n) is 10.6. The molecular weight excluding hydrogens is 389 g/mol. The van der Waals surface area contributed by atoms with E-state index in [2.05, 4.69) is 15.4 Å². The molecule has 1 saturated heterocycles. The highest BCUT2D eigenvalue weighted by atomic mass is 19.1. The van der Waals surface area contributed by atoms with Crippen LogP contribution in [-0.4, -0.2) is 61.7 Å². The number of cyclic esters (lactones) is 1. The summed E-state index contributed by atoms with van der Waals surface area (Å²) in [5.74, 6) is -0.608. The van der Waals surface area contributed by atoms with Gasteiger partial charge in [-0.1, -0.05) is 13.8 Å². The van der Waals surface area contributed by atoms with Crippen LogP contribution in [0.5, 0.6) is 0 Å². The Labute approximate surface area is 176 Å². The molecule has 1 aromatic carbocycles. The molecule has 0 bridgehead atoms. The highest BCUT2D eigenvalue weighted by molar-refractivity contribution is 5.90. The van der Waals surface area contributed by atoms with Crippen LogP contribution in [-0.2, 0) is 9.53 Å². The van der Waals surface area contributed by atoms with Gasteiger partial charge in [0.05, 0.1) is 31.0 Å². The molecule has 2 fully saturated rings. The van der Waals surface area contributed by atoms with E-state index in [1.807, 2.05) is 13.8 Å². The van der Waals surface area contributed by atoms with E-state index >= 15 is 0 Å². The molecule has 2 heterocycles. The Morgan fingerprint density at radius 3 is 2.63 bits per heavy atom. The minimum absolute atomic E-state index is 0.191. The predicted molar refractivity (Wildman–Crippen MR) is 114 cm³/mol. The molecule has 9 heteroatoms. The number of benzene rings is 1. The van der Waals surface area contributed by atoms with Crippen molar-refractivity contribution in [3.05, 3.63) is 24.0 Å². The molecule has 1 aliphatic carbocycles. The maximum Gasteiger partial charge on any atom is 0.414 e. The second kappa shape index (κ2) is 9.77. The summed E-state index contributed by atoms with van der Waals surface area (Å²) >= 11 is 0. The van der Waals surface area contributed by atoms with E-state index in [4.69, 9.17) is 4.74 Å². The maximum absolute atomic E-state index is 14.7. The van der Waals surface area contributed by atoms with Crippen molar-refractivity contribution in [3.8, 4) is 0 Å². The number of anilines is 2. The molecule has 8 nitrogen and oxygen atoms in total. The van der Waals surface area contributed by atoms with Crippen LogP contribution in [0.25, 0.3) is 0 Å². The molecule has 1 N–H and O–H groups in total. The molecule has 0 radical (unpaired) electrons. The molecule has 2 aliphatic heterocycles. The van der Waals surface area contributed by atoms with Crippen molar-refractivity contribution < 1.29 is 18.7 Å². The number of nitrogens with zero attached hydrogens (tertiary/aromatic N) is 4. The summed E-state index contributed by atoms with van der Waals surface area (Å²) in [7, 11) is 0. The average molecular weight is 420 g/mol. The normalized spacial score (nSPS) is 21.0. The number of amides is 2. The van der Waals surface area contributed by atoms with Gasteiger partial charge >= 0.3 is 6.09 Å². The molecule has 2 amide bonds. The van der Waals surface area contributed by atoms with Gasteiger partial charge < -0.3 is 15.0 Å². The molecule has 164 valence electrons. The third-order valence-corrected chi connectivity index (χ3v) is 5.41. The van der Waals surface area contributed by atoms with E-state index < -0.39 is 18.0 Å².